The molecule has 0 aliphatic carbocycles. The van der Waals surface area contributed by atoms with Gasteiger partial charge in [-0.1, -0.05) is 24.3 Å². The average Bonchev–Trinajstić information content (AvgIpc) is 3.60. The Kier molecular flexibility index (Phi) is 6.09. The lowest BCUT2D eigenvalue weighted by molar-refractivity contribution is -0.141. The van der Waals surface area contributed by atoms with Crippen LogP contribution < -0.4 is 0 Å². The number of benzene rings is 1. The van der Waals surface area contributed by atoms with Gasteiger partial charge in [0.25, 0.3) is 23.6 Å². The van der Waals surface area contributed by atoms with Crippen LogP contribution in [0.3, 0.4) is 0 Å². The highest BCUT2D eigenvalue weighted by Crippen LogP contribution is 2.41. The summed E-state index contributed by atoms with van der Waals surface area (Å²) in [4.78, 5) is 53.5. The molecule has 1 aromatic carbocycles. The Bertz CT molecular complexity index is 1490. The third-order valence-electron chi connectivity index (χ3n) is 6.56. The number of hydrogen-bond acceptors (Lipinski definition) is 6. The molecule has 188 valence electrons. The number of hydrazine groups is 2. The maximum absolute atomic E-state index is 12.4. The second-order valence-corrected chi connectivity index (χ2v) is 11.0. The third kappa shape index (κ3) is 4.17. The molecule has 0 atom stereocenters. The topological polar surface area (TPSA) is 81.2 Å². The van der Waals surface area contributed by atoms with E-state index in [9.17, 15) is 19.2 Å². The first-order valence-electron chi connectivity index (χ1n) is 11.4. The summed E-state index contributed by atoms with van der Waals surface area (Å²) in [5, 5.41) is 5.21. The van der Waals surface area contributed by atoms with Crippen molar-refractivity contribution in [2.24, 2.45) is 0 Å². The van der Waals surface area contributed by atoms with E-state index in [-0.39, 0.29) is 34.8 Å². The molecule has 0 bridgehead atoms. The number of nitrogens with zero attached hydrogens (tertiary/aromatic N) is 4. The predicted molar refractivity (Wildman–Crippen MR) is 145 cm³/mol. The zero-order chi connectivity index (χ0) is 26.6. The van der Waals surface area contributed by atoms with Crippen molar-refractivity contribution in [1.29, 1.82) is 0 Å². The number of carbonyl (C=O) groups excluding carboxylic acids is 4. The lowest BCUT2D eigenvalue weighted by atomic mass is 10.1. The minimum atomic E-state index is -0.318. The molecule has 2 saturated heterocycles. The van der Waals surface area contributed by atoms with Gasteiger partial charge in [-0.05, 0) is 54.0 Å². The second kappa shape index (κ2) is 9.13. The molecule has 37 heavy (non-hydrogen) atoms. The summed E-state index contributed by atoms with van der Waals surface area (Å²) >= 11 is 3.20. The average molecular weight is 533 g/mol. The fourth-order valence-corrected chi connectivity index (χ4v) is 6.38. The van der Waals surface area contributed by atoms with E-state index in [0.29, 0.717) is 0 Å². The molecule has 3 aromatic rings. The van der Waals surface area contributed by atoms with Gasteiger partial charge in [0.05, 0.1) is 0 Å². The number of likely N-dealkylation sites (N-methyl/N-ethyl adjacent to an activating group) is 4. The molecule has 5 rings (SSSR count). The molecule has 2 aliphatic heterocycles. The molecule has 4 heterocycles. The Morgan fingerprint density at radius 3 is 1.68 bits per heavy atom. The number of amides is 4. The van der Waals surface area contributed by atoms with Gasteiger partial charge in [-0.3, -0.25) is 39.2 Å². The van der Waals surface area contributed by atoms with Crippen molar-refractivity contribution in [2.45, 2.75) is 6.92 Å². The van der Waals surface area contributed by atoms with Crippen LogP contribution in [0.1, 0.15) is 16.0 Å². The molecular formula is C27H24N4O4S2. The lowest BCUT2D eigenvalue weighted by Gasteiger charge is -2.16. The molecule has 4 amide bonds. The first-order valence-corrected chi connectivity index (χ1v) is 13.1. The molecule has 2 aromatic heterocycles. The zero-order valence-corrected chi connectivity index (χ0v) is 22.6. The Hall–Kier alpha value is -4.02. The number of aryl methyl sites for hydroxylation is 1. The van der Waals surface area contributed by atoms with E-state index < -0.39 is 0 Å². The Morgan fingerprint density at radius 1 is 0.622 bits per heavy atom. The van der Waals surface area contributed by atoms with Gasteiger partial charge in [-0.2, -0.15) is 0 Å². The Morgan fingerprint density at radius 2 is 1.14 bits per heavy atom. The summed E-state index contributed by atoms with van der Waals surface area (Å²) in [6.07, 6.45) is 3.28. The molecule has 0 spiro atoms. The highest BCUT2D eigenvalue weighted by molar-refractivity contribution is 7.24. The molecule has 2 fully saturated rings. The maximum atomic E-state index is 12.4. The van der Waals surface area contributed by atoms with Crippen molar-refractivity contribution >= 4 is 58.5 Å². The van der Waals surface area contributed by atoms with Crippen molar-refractivity contribution in [3.63, 3.8) is 0 Å². The summed E-state index contributed by atoms with van der Waals surface area (Å²) in [5.41, 5.74) is 3.27. The van der Waals surface area contributed by atoms with Crippen molar-refractivity contribution in [3.8, 4) is 20.2 Å². The largest absolute Gasteiger partial charge is 0.277 e. The van der Waals surface area contributed by atoms with Crippen LogP contribution in [-0.2, 0) is 19.2 Å². The Balaban J connectivity index is 1.38. The molecule has 0 saturated carbocycles. The number of thiophene rings is 2. The van der Waals surface area contributed by atoms with E-state index in [1.165, 1.54) is 31.4 Å². The highest BCUT2D eigenvalue weighted by Gasteiger charge is 2.37. The third-order valence-corrected chi connectivity index (χ3v) is 9.07. The molecule has 0 radical (unpaired) electrons. The summed E-state index contributed by atoms with van der Waals surface area (Å²) in [6.45, 7) is 2.06. The van der Waals surface area contributed by atoms with Gasteiger partial charge in [-0.15, -0.1) is 22.7 Å². The van der Waals surface area contributed by atoms with Gasteiger partial charge in [0.15, 0.2) is 0 Å². The fourth-order valence-electron chi connectivity index (χ4n) is 4.16. The first-order chi connectivity index (χ1) is 17.6. The van der Waals surface area contributed by atoms with E-state index in [4.69, 9.17) is 0 Å². The van der Waals surface area contributed by atoms with Gasteiger partial charge in [0.1, 0.15) is 11.1 Å². The van der Waals surface area contributed by atoms with Crippen molar-refractivity contribution in [2.75, 3.05) is 28.2 Å². The van der Waals surface area contributed by atoms with Crippen LogP contribution in [0.2, 0.25) is 0 Å². The smallest absolute Gasteiger partial charge is 0.267 e. The predicted octanol–water partition coefficient (Wildman–Crippen LogP) is 3.91. The van der Waals surface area contributed by atoms with Crippen molar-refractivity contribution in [3.05, 3.63) is 69.6 Å². The first kappa shape index (κ1) is 24.7. The van der Waals surface area contributed by atoms with Crippen LogP contribution in [-0.4, -0.2) is 71.9 Å². The maximum Gasteiger partial charge on any atom is 0.277 e. The SMILES string of the molecule is Cc1cc(-c2ccc(C=C3C(=O)N(C)N(C)C3=O)s2)sc1-c1ccc(C=C2C(=O)N(C)N(C)C2=O)cc1. The quantitative estimate of drug-likeness (QED) is 0.377. The zero-order valence-electron chi connectivity index (χ0n) is 20.9. The molecule has 10 heteroatoms. The van der Waals surface area contributed by atoms with E-state index in [1.807, 2.05) is 36.4 Å². The standard InChI is InChI=1S/C27H24N4O4S2/c1-15-12-22(21-11-10-18(36-21)14-20-26(34)30(4)31(5)27(20)35)37-23(15)17-8-6-16(7-9-17)13-19-24(32)28(2)29(3)25(19)33/h6-14H,1-5H3. The summed E-state index contributed by atoms with van der Waals surface area (Å²) in [5.74, 6) is -1.25. The van der Waals surface area contributed by atoms with Crippen LogP contribution in [0.15, 0.2) is 53.6 Å². The van der Waals surface area contributed by atoms with E-state index in [2.05, 4.69) is 13.0 Å². The van der Waals surface area contributed by atoms with Crippen LogP contribution >= 0.6 is 22.7 Å². The van der Waals surface area contributed by atoms with Crippen LogP contribution in [0.5, 0.6) is 0 Å². The number of hydrogen-bond donors (Lipinski definition) is 0. The lowest BCUT2D eigenvalue weighted by Crippen LogP contribution is -2.33. The molecule has 0 unspecified atom stereocenters. The highest BCUT2D eigenvalue weighted by atomic mass is 32.1. The van der Waals surface area contributed by atoms with E-state index in [1.54, 1.807) is 51.7 Å². The monoisotopic (exact) mass is 532 g/mol. The van der Waals surface area contributed by atoms with Gasteiger partial charge in [0.2, 0.25) is 0 Å². The summed E-state index contributed by atoms with van der Waals surface area (Å²) < 4.78 is 0. The van der Waals surface area contributed by atoms with Gasteiger partial charge in [-0.25, -0.2) is 0 Å². The minimum Gasteiger partial charge on any atom is -0.267 e. The minimum absolute atomic E-state index is 0.148. The van der Waals surface area contributed by atoms with Crippen LogP contribution in [0.25, 0.3) is 32.3 Å². The fraction of sp³-hybridized carbons (Fsp3) is 0.185. The number of carbonyl (C=O) groups is 4. The summed E-state index contributed by atoms with van der Waals surface area (Å²) in [6, 6.07) is 13.8. The molecular weight excluding hydrogens is 508 g/mol. The number of rotatable bonds is 4. The summed E-state index contributed by atoms with van der Waals surface area (Å²) in [7, 11) is 6.29. The van der Waals surface area contributed by atoms with Crippen molar-refractivity contribution in [1.82, 2.24) is 20.0 Å². The normalized spacial score (nSPS) is 16.1. The van der Waals surface area contributed by atoms with Crippen LogP contribution in [0.4, 0.5) is 0 Å². The van der Waals surface area contributed by atoms with E-state index in [0.717, 1.165) is 36.2 Å². The Labute approximate surface area is 222 Å². The van der Waals surface area contributed by atoms with Gasteiger partial charge in [0, 0.05) is 47.7 Å². The van der Waals surface area contributed by atoms with Crippen LogP contribution in [0, 0.1) is 6.92 Å². The van der Waals surface area contributed by atoms with Gasteiger partial charge < -0.3 is 0 Å². The van der Waals surface area contributed by atoms with E-state index >= 15 is 0 Å². The van der Waals surface area contributed by atoms with Gasteiger partial charge >= 0.3 is 0 Å². The molecule has 0 N–H and O–H groups in total. The second-order valence-electron chi connectivity index (χ2n) is 8.88. The molecule has 8 nitrogen and oxygen atoms in total. The molecule has 2 aliphatic rings. The van der Waals surface area contributed by atoms with Crippen molar-refractivity contribution < 1.29 is 19.2 Å².